The Labute approximate surface area is 117 Å². The summed E-state index contributed by atoms with van der Waals surface area (Å²) in [6.45, 7) is 2.42. The Kier molecular flexibility index (Phi) is 5.11. The van der Waals surface area contributed by atoms with E-state index in [0.29, 0.717) is 22.5 Å². The second kappa shape index (κ2) is 6.62. The lowest BCUT2D eigenvalue weighted by Gasteiger charge is -2.26. The number of halogens is 1. The van der Waals surface area contributed by atoms with Crippen LogP contribution in [0.15, 0.2) is 18.2 Å². The monoisotopic (exact) mass is 283 g/mol. The van der Waals surface area contributed by atoms with Crippen LogP contribution in [-0.2, 0) is 23.1 Å². The maximum absolute atomic E-state index is 13.4. The minimum absolute atomic E-state index is 0.187. The highest BCUT2D eigenvalue weighted by Crippen LogP contribution is 2.28. The fourth-order valence-electron chi connectivity index (χ4n) is 2.77. The van der Waals surface area contributed by atoms with Gasteiger partial charge in [0.15, 0.2) is 0 Å². The number of hydrogen-bond acceptors (Lipinski definition) is 2. The zero-order valence-electron chi connectivity index (χ0n) is 11.4. The fourth-order valence-corrected chi connectivity index (χ4v) is 4.49. The van der Waals surface area contributed by atoms with Gasteiger partial charge in [0, 0.05) is 33.9 Å². The van der Waals surface area contributed by atoms with Gasteiger partial charge in [0.2, 0.25) is 0 Å². The predicted octanol–water partition coefficient (Wildman–Crippen LogP) is 3.11. The highest BCUT2D eigenvalue weighted by molar-refractivity contribution is 7.84. The Morgan fingerprint density at radius 2 is 2.21 bits per heavy atom. The smallest absolute Gasteiger partial charge is 0.127 e. The molecule has 3 atom stereocenters. The number of benzene rings is 1. The van der Waals surface area contributed by atoms with Gasteiger partial charge in [-0.3, -0.25) is 4.21 Å². The summed E-state index contributed by atoms with van der Waals surface area (Å²) >= 11 is 0. The highest BCUT2D eigenvalue weighted by atomic mass is 32.2. The third kappa shape index (κ3) is 3.86. The summed E-state index contributed by atoms with van der Waals surface area (Å²) in [5.41, 5.74) is 6.93. The van der Waals surface area contributed by atoms with Crippen LogP contribution in [0.3, 0.4) is 0 Å². The van der Waals surface area contributed by atoms with Gasteiger partial charge in [0.25, 0.3) is 0 Å². The molecule has 1 aliphatic rings. The van der Waals surface area contributed by atoms with Gasteiger partial charge in [0.05, 0.1) is 0 Å². The average Bonchev–Trinajstić information content (AvgIpc) is 2.41. The topological polar surface area (TPSA) is 43.1 Å². The number of nitrogens with two attached hydrogens (primary N) is 1. The van der Waals surface area contributed by atoms with Crippen molar-refractivity contribution in [3.05, 3.63) is 35.1 Å². The molecule has 2 N–H and O–H groups in total. The van der Waals surface area contributed by atoms with E-state index in [2.05, 4.69) is 6.92 Å². The lowest BCUT2D eigenvalue weighted by molar-refractivity contribution is 0.389. The van der Waals surface area contributed by atoms with Gasteiger partial charge >= 0.3 is 0 Å². The van der Waals surface area contributed by atoms with E-state index in [9.17, 15) is 8.60 Å². The van der Waals surface area contributed by atoms with Crippen LogP contribution >= 0.6 is 0 Å². The van der Waals surface area contributed by atoms with Gasteiger partial charge in [-0.1, -0.05) is 31.9 Å². The molecular formula is C15H22FNOS. The first-order chi connectivity index (χ1) is 9.10. The van der Waals surface area contributed by atoms with Gasteiger partial charge < -0.3 is 5.73 Å². The van der Waals surface area contributed by atoms with E-state index in [1.54, 1.807) is 12.1 Å². The van der Waals surface area contributed by atoms with Crippen molar-refractivity contribution < 1.29 is 8.60 Å². The second-order valence-electron chi connectivity index (χ2n) is 5.55. The minimum Gasteiger partial charge on any atom is -0.326 e. The standard InChI is InChI=1S/C15H22FNOS/c1-11-3-2-4-14(7-11)19(18)10-12-5-6-15(16)13(8-12)9-17/h5-6,8,11,14H,2-4,7,9-10,17H2,1H3. The summed E-state index contributed by atoms with van der Waals surface area (Å²) in [6, 6.07) is 4.90. The molecule has 0 heterocycles. The lowest BCUT2D eigenvalue weighted by atomic mass is 9.91. The SMILES string of the molecule is CC1CCCC(S(=O)Cc2ccc(F)c(CN)c2)C1. The largest absolute Gasteiger partial charge is 0.326 e. The molecule has 1 aliphatic carbocycles. The summed E-state index contributed by atoms with van der Waals surface area (Å²) in [6.07, 6.45) is 4.54. The molecule has 0 spiro atoms. The first kappa shape index (κ1) is 14.7. The molecule has 106 valence electrons. The molecule has 1 aromatic carbocycles. The second-order valence-corrected chi connectivity index (χ2v) is 7.27. The van der Waals surface area contributed by atoms with Crippen molar-refractivity contribution >= 4 is 10.8 Å². The molecule has 2 rings (SSSR count). The predicted molar refractivity (Wildman–Crippen MR) is 77.6 cm³/mol. The van der Waals surface area contributed by atoms with Gasteiger partial charge in [-0.05, 0) is 30.4 Å². The molecule has 0 bridgehead atoms. The van der Waals surface area contributed by atoms with Crippen molar-refractivity contribution in [2.75, 3.05) is 0 Å². The van der Waals surface area contributed by atoms with Crippen LogP contribution in [0.25, 0.3) is 0 Å². The first-order valence-electron chi connectivity index (χ1n) is 6.94. The summed E-state index contributed by atoms with van der Waals surface area (Å²) in [7, 11) is -0.858. The van der Waals surface area contributed by atoms with E-state index >= 15 is 0 Å². The summed E-state index contributed by atoms with van der Waals surface area (Å²) < 4.78 is 25.7. The highest BCUT2D eigenvalue weighted by Gasteiger charge is 2.24. The molecule has 2 nitrogen and oxygen atoms in total. The maximum atomic E-state index is 13.4. The van der Waals surface area contributed by atoms with Crippen LogP contribution in [0.1, 0.15) is 43.7 Å². The summed E-state index contributed by atoms with van der Waals surface area (Å²) in [5.74, 6) is 0.920. The Hall–Kier alpha value is -0.740. The summed E-state index contributed by atoms with van der Waals surface area (Å²) in [4.78, 5) is 0. The van der Waals surface area contributed by atoms with Gasteiger partial charge in [-0.15, -0.1) is 0 Å². The molecular weight excluding hydrogens is 261 g/mol. The van der Waals surface area contributed by atoms with Crippen molar-refractivity contribution in [2.45, 2.75) is 50.2 Å². The van der Waals surface area contributed by atoms with Crippen LogP contribution in [0, 0.1) is 11.7 Å². The van der Waals surface area contributed by atoms with Crippen molar-refractivity contribution in [3.63, 3.8) is 0 Å². The molecule has 0 saturated heterocycles. The lowest BCUT2D eigenvalue weighted by Crippen LogP contribution is -2.24. The third-order valence-corrected chi connectivity index (χ3v) is 5.69. The Balaban J connectivity index is 2.02. The van der Waals surface area contributed by atoms with E-state index in [1.807, 2.05) is 0 Å². The van der Waals surface area contributed by atoms with Crippen LogP contribution in [0.2, 0.25) is 0 Å². The molecule has 1 saturated carbocycles. The van der Waals surface area contributed by atoms with Crippen LogP contribution in [0.4, 0.5) is 4.39 Å². The molecule has 3 unspecified atom stereocenters. The van der Waals surface area contributed by atoms with Gasteiger partial charge in [-0.25, -0.2) is 4.39 Å². The zero-order chi connectivity index (χ0) is 13.8. The van der Waals surface area contributed by atoms with Crippen LogP contribution in [-0.4, -0.2) is 9.46 Å². The Morgan fingerprint density at radius 1 is 1.42 bits per heavy atom. The van der Waals surface area contributed by atoms with E-state index in [1.165, 1.54) is 18.9 Å². The van der Waals surface area contributed by atoms with Crippen molar-refractivity contribution in [1.82, 2.24) is 0 Å². The quantitative estimate of drug-likeness (QED) is 0.922. The molecule has 1 aromatic rings. The molecule has 0 amide bonds. The zero-order valence-corrected chi connectivity index (χ0v) is 12.2. The number of hydrogen-bond donors (Lipinski definition) is 1. The first-order valence-corrected chi connectivity index (χ1v) is 8.33. The minimum atomic E-state index is -0.858. The summed E-state index contributed by atoms with van der Waals surface area (Å²) in [5, 5.41) is 0.301. The van der Waals surface area contributed by atoms with Gasteiger partial charge in [0.1, 0.15) is 5.82 Å². The molecule has 4 heteroatoms. The normalized spacial score (nSPS) is 25.2. The van der Waals surface area contributed by atoms with Crippen molar-refractivity contribution in [2.24, 2.45) is 11.7 Å². The third-order valence-electron chi connectivity index (χ3n) is 3.90. The molecule has 0 aliphatic heterocycles. The molecule has 19 heavy (non-hydrogen) atoms. The molecule has 1 fully saturated rings. The Morgan fingerprint density at radius 3 is 2.89 bits per heavy atom. The van der Waals surface area contributed by atoms with Crippen LogP contribution < -0.4 is 5.73 Å². The van der Waals surface area contributed by atoms with E-state index in [-0.39, 0.29) is 12.4 Å². The van der Waals surface area contributed by atoms with Crippen LogP contribution in [0.5, 0.6) is 0 Å². The van der Waals surface area contributed by atoms with E-state index in [4.69, 9.17) is 5.73 Å². The van der Waals surface area contributed by atoms with Gasteiger partial charge in [-0.2, -0.15) is 0 Å². The average molecular weight is 283 g/mol. The number of rotatable bonds is 4. The molecule has 0 radical (unpaired) electrons. The van der Waals surface area contributed by atoms with E-state index in [0.717, 1.165) is 18.4 Å². The maximum Gasteiger partial charge on any atom is 0.127 e. The van der Waals surface area contributed by atoms with E-state index < -0.39 is 10.8 Å². The molecule has 0 aromatic heterocycles. The van der Waals surface area contributed by atoms with Crippen molar-refractivity contribution in [1.29, 1.82) is 0 Å². The van der Waals surface area contributed by atoms with Crippen molar-refractivity contribution in [3.8, 4) is 0 Å². The fraction of sp³-hybridized carbons (Fsp3) is 0.600. The Bertz CT molecular complexity index is 463.